The summed E-state index contributed by atoms with van der Waals surface area (Å²) >= 11 is 0. The maximum absolute atomic E-state index is 12.8. The first-order valence-corrected chi connectivity index (χ1v) is 12.1. The van der Waals surface area contributed by atoms with Crippen molar-refractivity contribution in [1.82, 2.24) is 9.55 Å². The predicted octanol–water partition coefficient (Wildman–Crippen LogP) is 6.70. The van der Waals surface area contributed by atoms with E-state index < -0.39 is 0 Å². The molecule has 4 heteroatoms. The number of unbranched alkanes of at least 4 members (excludes halogenated alkanes) is 7. The third-order valence-electron chi connectivity index (χ3n) is 6.48. The quantitative estimate of drug-likeness (QED) is 0.326. The number of rotatable bonds is 11. The van der Waals surface area contributed by atoms with Gasteiger partial charge in [-0.25, -0.2) is 4.98 Å². The number of imidazole rings is 1. The van der Waals surface area contributed by atoms with Gasteiger partial charge in [0.05, 0.1) is 11.0 Å². The number of fused-ring (bicyclic) bond motifs is 1. The van der Waals surface area contributed by atoms with Crippen LogP contribution >= 0.6 is 0 Å². The van der Waals surface area contributed by atoms with Gasteiger partial charge in [-0.2, -0.15) is 0 Å². The molecule has 1 unspecified atom stereocenters. The molecule has 1 aliphatic rings. The SMILES string of the molecule is CCCCCCCCCCn1c(C2CC(=O)N(c3ccccc3)C2)nc2ccccc21. The highest BCUT2D eigenvalue weighted by Gasteiger charge is 2.34. The lowest BCUT2D eigenvalue weighted by Crippen LogP contribution is -2.24. The molecule has 3 aromatic rings. The van der Waals surface area contributed by atoms with Crippen LogP contribution in [-0.4, -0.2) is 22.0 Å². The Kier molecular flexibility index (Phi) is 7.39. The zero-order valence-corrected chi connectivity index (χ0v) is 18.8. The Balaban J connectivity index is 1.44. The van der Waals surface area contributed by atoms with Gasteiger partial charge >= 0.3 is 0 Å². The van der Waals surface area contributed by atoms with Crippen LogP contribution in [0.15, 0.2) is 54.6 Å². The number of hydrogen-bond donors (Lipinski definition) is 0. The van der Waals surface area contributed by atoms with Crippen molar-refractivity contribution < 1.29 is 4.79 Å². The Morgan fingerprint density at radius 1 is 0.871 bits per heavy atom. The molecule has 2 heterocycles. The summed E-state index contributed by atoms with van der Waals surface area (Å²) in [5.74, 6) is 1.42. The van der Waals surface area contributed by atoms with E-state index in [1.165, 1.54) is 56.9 Å². The minimum absolute atomic E-state index is 0.147. The van der Waals surface area contributed by atoms with Crippen LogP contribution in [0.4, 0.5) is 5.69 Å². The maximum atomic E-state index is 12.8. The fraction of sp³-hybridized carbons (Fsp3) is 0.481. The zero-order valence-electron chi connectivity index (χ0n) is 18.8. The fourth-order valence-electron chi connectivity index (χ4n) is 4.78. The van der Waals surface area contributed by atoms with Gasteiger partial charge in [-0.15, -0.1) is 0 Å². The molecular weight excluding hydrogens is 382 g/mol. The van der Waals surface area contributed by atoms with Crippen molar-refractivity contribution in [2.75, 3.05) is 11.4 Å². The number of para-hydroxylation sites is 3. The molecule has 4 nitrogen and oxygen atoms in total. The van der Waals surface area contributed by atoms with Crippen molar-refractivity contribution in [3.8, 4) is 0 Å². The normalized spacial score (nSPS) is 16.5. The first kappa shape index (κ1) is 21.6. The molecule has 4 rings (SSSR count). The largest absolute Gasteiger partial charge is 0.328 e. The van der Waals surface area contributed by atoms with Crippen LogP contribution < -0.4 is 4.90 Å². The van der Waals surface area contributed by atoms with Gasteiger partial charge in [0.15, 0.2) is 0 Å². The maximum Gasteiger partial charge on any atom is 0.227 e. The number of hydrogen-bond acceptors (Lipinski definition) is 2. The summed E-state index contributed by atoms with van der Waals surface area (Å²) in [5, 5.41) is 0. The van der Waals surface area contributed by atoms with Crippen molar-refractivity contribution in [3.05, 3.63) is 60.4 Å². The molecule has 1 fully saturated rings. The van der Waals surface area contributed by atoms with E-state index >= 15 is 0 Å². The Labute approximate surface area is 186 Å². The van der Waals surface area contributed by atoms with E-state index in [1.807, 2.05) is 35.2 Å². The van der Waals surface area contributed by atoms with Crippen molar-refractivity contribution in [2.45, 2.75) is 77.2 Å². The highest BCUT2D eigenvalue weighted by Crippen LogP contribution is 2.33. The molecule has 0 N–H and O–H groups in total. The van der Waals surface area contributed by atoms with E-state index in [2.05, 4.69) is 35.8 Å². The summed E-state index contributed by atoms with van der Waals surface area (Å²) in [5.41, 5.74) is 3.23. The van der Waals surface area contributed by atoms with E-state index in [1.54, 1.807) is 0 Å². The molecule has 2 aromatic carbocycles. The van der Waals surface area contributed by atoms with Crippen molar-refractivity contribution in [2.24, 2.45) is 0 Å². The van der Waals surface area contributed by atoms with Gasteiger partial charge in [-0.1, -0.05) is 82.2 Å². The summed E-state index contributed by atoms with van der Waals surface area (Å²) < 4.78 is 2.39. The van der Waals surface area contributed by atoms with Crippen LogP contribution in [0, 0.1) is 0 Å². The van der Waals surface area contributed by atoms with Crippen LogP contribution in [0.2, 0.25) is 0 Å². The van der Waals surface area contributed by atoms with E-state index in [-0.39, 0.29) is 11.8 Å². The lowest BCUT2D eigenvalue weighted by molar-refractivity contribution is -0.117. The molecule has 0 spiro atoms. The number of amides is 1. The van der Waals surface area contributed by atoms with Gasteiger partial charge in [0, 0.05) is 31.1 Å². The monoisotopic (exact) mass is 417 g/mol. The number of aromatic nitrogens is 2. The molecule has 1 atom stereocenters. The standard InChI is InChI=1S/C27H35N3O/c1-2-3-4-5-6-7-8-14-19-29-25-18-13-12-17-24(25)28-27(29)22-20-26(31)30(21-22)23-15-10-9-11-16-23/h9-13,15-18,22H,2-8,14,19-21H2,1H3. The topological polar surface area (TPSA) is 38.1 Å². The van der Waals surface area contributed by atoms with Crippen LogP contribution in [0.3, 0.4) is 0 Å². The fourth-order valence-corrected chi connectivity index (χ4v) is 4.78. The molecule has 1 aliphatic heterocycles. The Morgan fingerprint density at radius 2 is 1.55 bits per heavy atom. The van der Waals surface area contributed by atoms with Crippen LogP contribution in [0.25, 0.3) is 11.0 Å². The van der Waals surface area contributed by atoms with Gasteiger partial charge < -0.3 is 9.47 Å². The highest BCUT2D eigenvalue weighted by atomic mass is 16.2. The number of aryl methyl sites for hydroxylation is 1. The molecule has 1 aromatic heterocycles. The second kappa shape index (κ2) is 10.6. The van der Waals surface area contributed by atoms with E-state index in [9.17, 15) is 4.79 Å². The van der Waals surface area contributed by atoms with E-state index in [4.69, 9.17) is 4.98 Å². The Hall–Kier alpha value is -2.62. The van der Waals surface area contributed by atoms with Gasteiger partial charge in [-0.05, 0) is 30.7 Å². The van der Waals surface area contributed by atoms with Crippen LogP contribution in [0.1, 0.15) is 76.5 Å². The van der Waals surface area contributed by atoms with Gasteiger partial charge in [-0.3, -0.25) is 4.79 Å². The third kappa shape index (κ3) is 5.17. The van der Waals surface area contributed by atoms with Gasteiger partial charge in [0.1, 0.15) is 5.82 Å². The van der Waals surface area contributed by atoms with E-state index in [0.717, 1.165) is 23.6 Å². The van der Waals surface area contributed by atoms with Crippen LogP contribution in [-0.2, 0) is 11.3 Å². The number of anilines is 1. The predicted molar refractivity (Wildman–Crippen MR) is 128 cm³/mol. The Bertz CT molecular complexity index is 979. The number of nitrogens with zero attached hydrogens (tertiary/aromatic N) is 3. The molecular formula is C27H35N3O. The zero-order chi connectivity index (χ0) is 21.5. The second-order valence-electron chi connectivity index (χ2n) is 8.83. The number of benzene rings is 2. The third-order valence-corrected chi connectivity index (χ3v) is 6.48. The molecule has 0 aliphatic carbocycles. The highest BCUT2D eigenvalue weighted by molar-refractivity contribution is 5.96. The number of carbonyl (C=O) groups excluding carboxylic acids is 1. The average Bonchev–Trinajstić information content (AvgIpc) is 3.37. The van der Waals surface area contributed by atoms with Crippen molar-refractivity contribution in [3.63, 3.8) is 0 Å². The van der Waals surface area contributed by atoms with Crippen molar-refractivity contribution >= 4 is 22.6 Å². The lowest BCUT2D eigenvalue weighted by atomic mass is 10.1. The van der Waals surface area contributed by atoms with Gasteiger partial charge in [0.2, 0.25) is 5.91 Å². The Morgan fingerprint density at radius 3 is 2.32 bits per heavy atom. The van der Waals surface area contributed by atoms with Gasteiger partial charge in [0.25, 0.3) is 0 Å². The minimum atomic E-state index is 0.147. The number of carbonyl (C=O) groups is 1. The lowest BCUT2D eigenvalue weighted by Gasteiger charge is -2.17. The summed E-state index contributed by atoms with van der Waals surface area (Å²) in [6, 6.07) is 18.4. The molecule has 31 heavy (non-hydrogen) atoms. The van der Waals surface area contributed by atoms with Crippen molar-refractivity contribution in [1.29, 1.82) is 0 Å². The smallest absolute Gasteiger partial charge is 0.227 e. The molecule has 0 bridgehead atoms. The van der Waals surface area contributed by atoms with Crippen LogP contribution in [0.5, 0.6) is 0 Å². The minimum Gasteiger partial charge on any atom is -0.328 e. The summed E-state index contributed by atoms with van der Waals surface area (Å²) in [7, 11) is 0. The van der Waals surface area contributed by atoms with E-state index in [0.29, 0.717) is 13.0 Å². The molecule has 1 saturated heterocycles. The summed E-state index contributed by atoms with van der Waals surface area (Å²) in [4.78, 5) is 19.7. The molecule has 1 amide bonds. The first-order chi connectivity index (χ1) is 15.3. The summed E-state index contributed by atoms with van der Waals surface area (Å²) in [6.07, 6.45) is 11.0. The second-order valence-corrected chi connectivity index (χ2v) is 8.83. The average molecular weight is 418 g/mol. The summed E-state index contributed by atoms with van der Waals surface area (Å²) in [6.45, 7) is 3.97. The molecule has 164 valence electrons. The molecule has 0 radical (unpaired) electrons. The molecule has 0 saturated carbocycles. The first-order valence-electron chi connectivity index (χ1n) is 12.1.